The quantitative estimate of drug-likeness (QED) is 0.411. The standard InChI is InChI=1S/C17H23ClO4/c1-12(14(11-20-2)17(19)22-4)6-5-7-13-8-9-15(18)16(10-13)21-3/h8-12H,5-7H2,1-4H3/b14-11+. The molecule has 1 atom stereocenters. The van der Waals surface area contributed by atoms with E-state index in [1.165, 1.54) is 20.5 Å². The highest BCUT2D eigenvalue weighted by atomic mass is 35.5. The second-order valence-electron chi connectivity index (χ2n) is 5.06. The molecule has 0 bridgehead atoms. The minimum atomic E-state index is -0.345. The first kappa shape index (κ1) is 18.4. The summed E-state index contributed by atoms with van der Waals surface area (Å²) in [5.41, 5.74) is 1.71. The molecule has 0 amide bonds. The van der Waals surface area contributed by atoms with Crippen LogP contribution in [0.3, 0.4) is 0 Å². The molecule has 1 unspecified atom stereocenters. The summed E-state index contributed by atoms with van der Waals surface area (Å²) < 4.78 is 14.9. The van der Waals surface area contributed by atoms with Crippen LogP contribution < -0.4 is 4.74 Å². The van der Waals surface area contributed by atoms with Crippen molar-refractivity contribution in [3.63, 3.8) is 0 Å². The first-order valence-electron chi connectivity index (χ1n) is 7.17. The topological polar surface area (TPSA) is 44.8 Å². The van der Waals surface area contributed by atoms with Crippen LogP contribution >= 0.6 is 11.6 Å². The molecule has 0 fully saturated rings. The lowest BCUT2D eigenvalue weighted by Crippen LogP contribution is -2.13. The zero-order chi connectivity index (χ0) is 16.5. The Labute approximate surface area is 137 Å². The minimum absolute atomic E-state index is 0.0709. The van der Waals surface area contributed by atoms with Gasteiger partial charge in [0.25, 0.3) is 0 Å². The molecule has 0 aromatic heterocycles. The largest absolute Gasteiger partial charge is 0.504 e. The second kappa shape index (κ2) is 9.36. The third-order valence-electron chi connectivity index (χ3n) is 3.51. The Morgan fingerprint density at radius 3 is 2.64 bits per heavy atom. The lowest BCUT2D eigenvalue weighted by molar-refractivity contribution is -0.136. The van der Waals surface area contributed by atoms with Crippen LogP contribution in [0.15, 0.2) is 30.0 Å². The summed E-state index contributed by atoms with van der Waals surface area (Å²) in [4.78, 5) is 11.7. The molecule has 1 rings (SSSR count). The van der Waals surface area contributed by atoms with Crippen molar-refractivity contribution in [3.05, 3.63) is 40.6 Å². The number of aryl methyl sites for hydroxylation is 1. The molecule has 0 N–H and O–H groups in total. The van der Waals surface area contributed by atoms with Crippen LogP contribution in [-0.4, -0.2) is 27.3 Å². The first-order chi connectivity index (χ1) is 10.5. The molecule has 5 heteroatoms. The van der Waals surface area contributed by atoms with Crippen LogP contribution in [0.2, 0.25) is 5.02 Å². The third kappa shape index (κ3) is 5.26. The van der Waals surface area contributed by atoms with E-state index in [2.05, 4.69) is 0 Å². The zero-order valence-corrected chi connectivity index (χ0v) is 14.3. The fourth-order valence-electron chi connectivity index (χ4n) is 2.24. The normalized spacial score (nSPS) is 12.7. The Balaban J connectivity index is 2.59. The van der Waals surface area contributed by atoms with Crippen molar-refractivity contribution in [3.8, 4) is 5.75 Å². The zero-order valence-electron chi connectivity index (χ0n) is 13.5. The number of carbonyl (C=O) groups excluding carboxylic acids is 1. The molecule has 0 heterocycles. The highest BCUT2D eigenvalue weighted by Gasteiger charge is 2.18. The van der Waals surface area contributed by atoms with Gasteiger partial charge in [-0.15, -0.1) is 0 Å². The van der Waals surface area contributed by atoms with Gasteiger partial charge < -0.3 is 14.2 Å². The molecule has 0 radical (unpaired) electrons. The molecule has 22 heavy (non-hydrogen) atoms. The van der Waals surface area contributed by atoms with Gasteiger partial charge in [-0.3, -0.25) is 0 Å². The van der Waals surface area contributed by atoms with E-state index in [9.17, 15) is 4.79 Å². The van der Waals surface area contributed by atoms with Crippen LogP contribution in [0.5, 0.6) is 5.75 Å². The van der Waals surface area contributed by atoms with Gasteiger partial charge in [-0.05, 0) is 42.9 Å². The maximum Gasteiger partial charge on any atom is 0.337 e. The maximum atomic E-state index is 11.7. The van der Waals surface area contributed by atoms with Crippen molar-refractivity contribution in [2.45, 2.75) is 26.2 Å². The average molecular weight is 327 g/mol. The Hall–Kier alpha value is -1.68. The van der Waals surface area contributed by atoms with Gasteiger partial charge in [-0.1, -0.05) is 24.6 Å². The van der Waals surface area contributed by atoms with Gasteiger partial charge in [0.15, 0.2) is 0 Å². The highest BCUT2D eigenvalue weighted by Crippen LogP contribution is 2.26. The lowest BCUT2D eigenvalue weighted by Gasteiger charge is -2.14. The van der Waals surface area contributed by atoms with E-state index < -0.39 is 0 Å². The molecule has 0 aliphatic rings. The van der Waals surface area contributed by atoms with E-state index in [-0.39, 0.29) is 11.9 Å². The molecule has 4 nitrogen and oxygen atoms in total. The molecular weight excluding hydrogens is 304 g/mol. The number of rotatable bonds is 8. The van der Waals surface area contributed by atoms with Crippen molar-refractivity contribution >= 4 is 17.6 Å². The van der Waals surface area contributed by atoms with Gasteiger partial charge >= 0.3 is 5.97 Å². The minimum Gasteiger partial charge on any atom is -0.504 e. The summed E-state index contributed by atoms with van der Waals surface area (Å²) in [7, 11) is 4.50. The number of methoxy groups -OCH3 is 3. The van der Waals surface area contributed by atoms with E-state index in [0.29, 0.717) is 16.3 Å². The van der Waals surface area contributed by atoms with Crippen LogP contribution in [0.25, 0.3) is 0 Å². The molecule has 0 saturated carbocycles. The molecule has 122 valence electrons. The van der Waals surface area contributed by atoms with Gasteiger partial charge in [-0.25, -0.2) is 4.79 Å². The van der Waals surface area contributed by atoms with E-state index in [1.807, 2.05) is 25.1 Å². The molecule has 0 spiro atoms. The van der Waals surface area contributed by atoms with Crippen molar-refractivity contribution in [2.24, 2.45) is 5.92 Å². The van der Waals surface area contributed by atoms with E-state index in [1.54, 1.807) is 7.11 Å². The Kier molecular flexibility index (Phi) is 7.82. The van der Waals surface area contributed by atoms with Crippen molar-refractivity contribution in [2.75, 3.05) is 21.3 Å². The molecule has 0 aliphatic carbocycles. The van der Waals surface area contributed by atoms with Gasteiger partial charge in [0, 0.05) is 0 Å². The summed E-state index contributed by atoms with van der Waals surface area (Å²) in [5, 5.41) is 0.607. The van der Waals surface area contributed by atoms with Crippen molar-refractivity contribution in [1.82, 2.24) is 0 Å². The van der Waals surface area contributed by atoms with Crippen LogP contribution in [-0.2, 0) is 20.7 Å². The van der Waals surface area contributed by atoms with Gasteiger partial charge in [0.1, 0.15) is 5.75 Å². The summed E-state index contributed by atoms with van der Waals surface area (Å²) >= 11 is 6.01. The summed E-state index contributed by atoms with van der Waals surface area (Å²) in [6.07, 6.45) is 4.14. The Morgan fingerprint density at radius 1 is 1.32 bits per heavy atom. The van der Waals surface area contributed by atoms with Crippen LogP contribution in [0, 0.1) is 5.92 Å². The number of ether oxygens (including phenoxy) is 3. The van der Waals surface area contributed by atoms with Crippen LogP contribution in [0.4, 0.5) is 0 Å². The fourth-order valence-corrected chi connectivity index (χ4v) is 2.43. The monoisotopic (exact) mass is 326 g/mol. The number of hydrogen-bond donors (Lipinski definition) is 0. The number of benzene rings is 1. The fraction of sp³-hybridized carbons (Fsp3) is 0.471. The second-order valence-corrected chi connectivity index (χ2v) is 5.47. The highest BCUT2D eigenvalue weighted by molar-refractivity contribution is 6.32. The molecule has 1 aromatic rings. The SMILES string of the molecule is CO/C=C(/C(=O)OC)C(C)CCCc1ccc(Cl)c(OC)c1. The van der Waals surface area contributed by atoms with Crippen LogP contribution in [0.1, 0.15) is 25.3 Å². The van der Waals surface area contributed by atoms with Gasteiger partial charge in [0.2, 0.25) is 0 Å². The smallest absolute Gasteiger partial charge is 0.337 e. The summed E-state index contributed by atoms with van der Waals surface area (Å²) in [6.45, 7) is 1.99. The lowest BCUT2D eigenvalue weighted by atomic mass is 9.94. The third-order valence-corrected chi connectivity index (χ3v) is 3.83. The van der Waals surface area contributed by atoms with Crippen molar-refractivity contribution < 1.29 is 19.0 Å². The first-order valence-corrected chi connectivity index (χ1v) is 7.54. The Morgan fingerprint density at radius 2 is 2.05 bits per heavy atom. The molecule has 0 saturated heterocycles. The molecule has 1 aromatic carbocycles. The van der Waals surface area contributed by atoms with Gasteiger partial charge in [-0.2, -0.15) is 0 Å². The van der Waals surface area contributed by atoms with E-state index in [0.717, 1.165) is 24.8 Å². The summed E-state index contributed by atoms with van der Waals surface area (Å²) in [5.74, 6) is 0.408. The predicted molar refractivity (Wildman–Crippen MR) is 87.2 cm³/mol. The number of halogens is 1. The summed E-state index contributed by atoms with van der Waals surface area (Å²) in [6, 6.07) is 5.77. The van der Waals surface area contributed by atoms with E-state index >= 15 is 0 Å². The van der Waals surface area contributed by atoms with E-state index in [4.69, 9.17) is 25.8 Å². The molecular formula is C17H23ClO4. The maximum absolute atomic E-state index is 11.7. The van der Waals surface area contributed by atoms with Gasteiger partial charge in [0.05, 0.1) is 38.2 Å². The Bertz CT molecular complexity index is 525. The number of carbonyl (C=O) groups is 1. The average Bonchev–Trinajstić information content (AvgIpc) is 2.53. The molecule has 0 aliphatic heterocycles. The number of esters is 1. The predicted octanol–water partition coefficient (Wildman–Crippen LogP) is 4.01. The van der Waals surface area contributed by atoms with Crippen molar-refractivity contribution in [1.29, 1.82) is 0 Å². The number of hydrogen-bond acceptors (Lipinski definition) is 4.